The highest BCUT2D eigenvalue weighted by atomic mass is 16.2. The third kappa shape index (κ3) is 13.5. The molecule has 0 radical (unpaired) electrons. The minimum atomic E-state index is -0.357. The lowest BCUT2D eigenvalue weighted by molar-refractivity contribution is -0.125. The van der Waals surface area contributed by atoms with Gasteiger partial charge in [0.15, 0.2) is 0 Å². The van der Waals surface area contributed by atoms with Crippen molar-refractivity contribution >= 4 is 34.3 Å². The molecule has 24 nitrogen and oxygen atoms in total. The molecule has 3 N–H and O–H groups in total. The molecule has 4 atom stereocenters. The fourth-order valence-corrected chi connectivity index (χ4v) is 17.4. The van der Waals surface area contributed by atoms with Crippen molar-refractivity contribution in [3.63, 3.8) is 0 Å². The lowest BCUT2D eigenvalue weighted by atomic mass is 9.50. The van der Waals surface area contributed by atoms with Gasteiger partial charge in [-0.2, -0.15) is 46.4 Å². The van der Waals surface area contributed by atoms with Crippen molar-refractivity contribution in [2.75, 3.05) is 0 Å². The van der Waals surface area contributed by atoms with Crippen LogP contribution in [0.3, 0.4) is 0 Å². The molecule has 12 aromatic heterocycles. The number of nitriles is 3. The molecule has 0 saturated heterocycles. The second-order valence-corrected chi connectivity index (χ2v) is 29.5. The highest BCUT2D eigenvalue weighted by molar-refractivity contribution is 5.95. The van der Waals surface area contributed by atoms with E-state index in [2.05, 4.69) is 144 Å². The van der Waals surface area contributed by atoms with Crippen molar-refractivity contribution in [3.05, 3.63) is 181 Å². The van der Waals surface area contributed by atoms with E-state index in [1.807, 2.05) is 102 Å². The van der Waals surface area contributed by atoms with Gasteiger partial charge in [0.1, 0.15) is 18.2 Å². The second kappa shape index (κ2) is 28.4. The van der Waals surface area contributed by atoms with Crippen LogP contribution < -0.4 is 16.0 Å². The summed E-state index contributed by atoms with van der Waals surface area (Å²) in [5.74, 6) is 8.35. The van der Waals surface area contributed by atoms with E-state index in [1.165, 1.54) is 0 Å². The number of hydrogen-bond donors (Lipinski definition) is 3. The summed E-state index contributed by atoms with van der Waals surface area (Å²) in [7, 11) is 5.65. The molecule has 0 aliphatic heterocycles. The summed E-state index contributed by atoms with van der Waals surface area (Å²) in [4.78, 5) is 49.8. The Balaban J connectivity index is 0.000000128. The van der Waals surface area contributed by atoms with Gasteiger partial charge in [-0.15, -0.1) is 19.3 Å². The number of fused-ring (bicyclic) bond motifs is 7. The zero-order valence-electron chi connectivity index (χ0n) is 59.8. The van der Waals surface area contributed by atoms with Crippen LogP contribution in [0, 0.1) is 94.7 Å². The number of aryl methyl sites for hydroxylation is 3. The van der Waals surface area contributed by atoms with Gasteiger partial charge in [0.25, 0.3) is 17.7 Å². The first-order valence-electron chi connectivity index (χ1n) is 35.8. The quantitative estimate of drug-likeness (QED) is 0.0958. The molecule has 4 bridgehead atoms. The predicted molar refractivity (Wildman–Crippen MR) is 401 cm³/mol. The Bertz CT molecular complexity index is 5710. The molecule has 0 spiro atoms. The molecular formula is C83H75N21O3. The summed E-state index contributed by atoms with van der Waals surface area (Å²) >= 11 is 0. The monoisotopic (exact) mass is 1410 g/mol. The normalized spacial score (nSPS) is 22.3. The average molecular weight is 1410 g/mol. The van der Waals surface area contributed by atoms with Crippen molar-refractivity contribution in [2.45, 2.75) is 119 Å². The van der Waals surface area contributed by atoms with E-state index in [1.54, 1.807) is 46.2 Å². The smallest absolute Gasteiger partial charge is 0.296 e. The number of aromatic nitrogens is 15. The molecule has 6 fully saturated rings. The number of amides is 3. The predicted octanol–water partition coefficient (Wildman–Crippen LogP) is 11.2. The Morgan fingerprint density at radius 2 is 0.832 bits per heavy atom. The Morgan fingerprint density at radius 1 is 0.439 bits per heavy atom. The van der Waals surface area contributed by atoms with Crippen molar-refractivity contribution in [3.8, 4) is 122 Å². The van der Waals surface area contributed by atoms with Gasteiger partial charge in [-0.25, -0.2) is 13.5 Å². The minimum absolute atomic E-state index is 0.149. The molecule has 18 rings (SSSR count). The Hall–Kier alpha value is -13.3. The molecule has 24 heteroatoms. The maximum atomic E-state index is 11.8. The van der Waals surface area contributed by atoms with Gasteiger partial charge in [-0.05, 0) is 162 Å². The lowest BCUT2D eigenvalue weighted by Crippen LogP contribution is -2.66. The average Bonchev–Trinajstić information content (AvgIpc) is 1.73. The molecule has 6 saturated carbocycles. The Kier molecular flexibility index (Phi) is 18.4. The third-order valence-corrected chi connectivity index (χ3v) is 22.9. The number of terminal acetylenes is 3. The second-order valence-electron chi connectivity index (χ2n) is 29.5. The summed E-state index contributed by atoms with van der Waals surface area (Å²) in [5, 5.41) is 64.1. The number of pyridine rings is 6. The summed E-state index contributed by atoms with van der Waals surface area (Å²) < 4.78 is 10.5. The highest BCUT2D eigenvalue weighted by Crippen LogP contribution is 2.58. The number of rotatable bonds is 12. The molecule has 3 amide bonds. The van der Waals surface area contributed by atoms with Gasteiger partial charge in [0.2, 0.25) is 0 Å². The fourth-order valence-electron chi connectivity index (χ4n) is 17.4. The summed E-state index contributed by atoms with van der Waals surface area (Å²) in [6.07, 6.45) is 54.1. The number of carbonyl (C=O) groups excluding carboxylic acids is 3. The van der Waals surface area contributed by atoms with Crippen LogP contribution in [0.15, 0.2) is 148 Å². The van der Waals surface area contributed by atoms with Crippen molar-refractivity contribution in [1.29, 1.82) is 15.8 Å². The van der Waals surface area contributed by atoms with Gasteiger partial charge in [0.05, 0.1) is 70.4 Å². The molecule has 530 valence electrons. The number of hydrogen-bond acceptors (Lipinski definition) is 15. The maximum absolute atomic E-state index is 11.8. The van der Waals surface area contributed by atoms with Crippen molar-refractivity contribution < 1.29 is 14.4 Å². The van der Waals surface area contributed by atoms with Crippen LogP contribution in [0.25, 0.3) is 83.3 Å². The molecule has 0 aromatic carbocycles. The first-order chi connectivity index (χ1) is 51.8. The van der Waals surface area contributed by atoms with E-state index in [4.69, 9.17) is 34.2 Å². The van der Waals surface area contributed by atoms with Crippen LogP contribution in [0.4, 0.5) is 0 Å². The van der Waals surface area contributed by atoms with Gasteiger partial charge < -0.3 is 16.0 Å². The fraction of sp³-hybridized carbons (Fsp3) is 0.313. The zero-order valence-corrected chi connectivity index (χ0v) is 59.8. The van der Waals surface area contributed by atoms with E-state index < -0.39 is 0 Å². The molecule has 6 aliphatic rings. The molecule has 107 heavy (non-hydrogen) atoms. The van der Waals surface area contributed by atoms with Crippen LogP contribution in [0.1, 0.15) is 136 Å². The Morgan fingerprint density at radius 3 is 1.20 bits per heavy atom. The number of carbonyl (C=O) groups is 3. The molecule has 6 aliphatic carbocycles. The standard InChI is InChI=1S/2C28H25N7O.C27H25N7O/c1-4-26(36)33-28(2)22-7-18(8-23(28)10-22)25-6-5-17(12-30-25)24-9-19(21-14-31-34(3)15-21)16-35-27(24)20(11-29)13-32-35;1-3-26(36)33-23-8-17-4-5-18(9-23)27(17)25-7-6-19(12-30-25)24-10-20(22-14-31-34(2)15-22)16-35-28(24)21(11-29)13-32-35;1-4-25(35)32-27(2)9-7-18(8-10-27)24-6-5-19(13-29-24)23-11-20(22-15-30-33(3)16-22)17-34-26(23)21(12-28)14-31-34/h1,5-6,9,12-16,18,22-23H,7-8,10H2,2-3H3,(H,33,36);1,6-7,10,12-18,23,27H,4-5,8-9H2,2H3,(H,33,36);1,5-6,11,13-18H,7-10H2,2-3H3,(H,32,35). The summed E-state index contributed by atoms with van der Waals surface area (Å²) in [6.45, 7) is 4.17. The number of nitrogens with one attached hydrogen (secondary N) is 3. The van der Waals surface area contributed by atoms with Crippen molar-refractivity contribution in [2.24, 2.45) is 44.8 Å². The van der Waals surface area contributed by atoms with Crippen LogP contribution in [0.2, 0.25) is 0 Å². The first-order valence-corrected chi connectivity index (χ1v) is 35.8. The van der Waals surface area contributed by atoms with Crippen LogP contribution in [-0.2, 0) is 35.5 Å². The largest absolute Gasteiger partial charge is 0.343 e. The van der Waals surface area contributed by atoms with E-state index in [0.717, 1.165) is 171 Å². The maximum Gasteiger partial charge on any atom is 0.296 e. The van der Waals surface area contributed by atoms with Crippen LogP contribution >= 0.6 is 0 Å². The van der Waals surface area contributed by atoms with Gasteiger partial charge in [0, 0.05) is 196 Å². The number of nitrogens with zero attached hydrogens (tertiary/aromatic N) is 18. The van der Waals surface area contributed by atoms with E-state index in [9.17, 15) is 30.2 Å². The van der Waals surface area contributed by atoms with E-state index in [-0.39, 0.29) is 34.8 Å². The minimum Gasteiger partial charge on any atom is -0.343 e. The zero-order chi connectivity index (χ0) is 74.4. The first kappa shape index (κ1) is 69.4. The summed E-state index contributed by atoms with van der Waals surface area (Å²) in [6, 6.07) is 25.7. The SMILES string of the molecule is C#CC(=O)NC1(C)C2CC(c3ccc(-c4cc(-c5cnn(C)c5)cn5ncc(C#N)c45)cn3)CC1C2.C#CC(=O)NC1(C)CCC(c2ccc(-c3cc(-c4cnn(C)c4)cn4ncc(C#N)c34)cn2)CC1.C#CC(=O)NC1CC2CCC(C1)C2c1ccc(-c2cc(-c3cnn(C)c3)cn3ncc(C#N)c23)cn1. The summed E-state index contributed by atoms with van der Waals surface area (Å²) in [5.41, 5.74) is 17.9. The topological polar surface area (TPSA) is 303 Å². The van der Waals surface area contributed by atoms with E-state index in [0.29, 0.717) is 58.1 Å². The highest BCUT2D eigenvalue weighted by Gasteiger charge is 2.57. The van der Waals surface area contributed by atoms with Crippen LogP contribution in [0.5, 0.6) is 0 Å². The van der Waals surface area contributed by atoms with Gasteiger partial charge >= 0.3 is 0 Å². The van der Waals surface area contributed by atoms with Gasteiger partial charge in [-0.3, -0.25) is 43.4 Å². The van der Waals surface area contributed by atoms with E-state index >= 15 is 0 Å². The van der Waals surface area contributed by atoms with Crippen molar-refractivity contribution in [1.82, 2.24) is 89.1 Å². The molecule has 12 heterocycles. The molecule has 4 unspecified atom stereocenters. The Labute approximate surface area is 617 Å². The van der Waals surface area contributed by atoms with Crippen LogP contribution in [-0.4, -0.2) is 108 Å². The van der Waals surface area contributed by atoms with Gasteiger partial charge in [-0.1, -0.05) is 18.2 Å². The molecule has 12 aromatic rings. The third-order valence-electron chi connectivity index (χ3n) is 22.9. The molecular weight excluding hydrogens is 1340 g/mol. The lowest BCUT2D eigenvalue weighted by Gasteiger charge is -2.60.